The molecule has 6 heteroatoms. The lowest BCUT2D eigenvalue weighted by Crippen LogP contribution is -2.17. The van der Waals surface area contributed by atoms with Crippen LogP contribution in [0.3, 0.4) is 0 Å². The van der Waals surface area contributed by atoms with Gasteiger partial charge in [-0.1, -0.05) is 46.3 Å². The van der Waals surface area contributed by atoms with Gasteiger partial charge in [0, 0.05) is 15.9 Å². The molecule has 0 aliphatic heterocycles. The lowest BCUT2D eigenvalue weighted by atomic mass is 10.2. The minimum atomic E-state index is -0.740. The maximum absolute atomic E-state index is 11.6. The minimum Gasteiger partial charge on any atom is -0.365 e. The summed E-state index contributed by atoms with van der Waals surface area (Å²) in [6.07, 6.45) is 0. The van der Waals surface area contributed by atoms with E-state index < -0.39 is 5.91 Å². The fourth-order valence-electron chi connectivity index (χ4n) is 2.01. The highest BCUT2D eigenvalue weighted by Crippen LogP contribution is 2.28. The van der Waals surface area contributed by atoms with Crippen molar-refractivity contribution in [1.82, 2.24) is 0 Å². The van der Waals surface area contributed by atoms with Crippen LogP contribution in [-0.2, 0) is 10.5 Å². The fraction of sp³-hybridized carbons (Fsp3) is 0.111. The van der Waals surface area contributed by atoms with Crippen molar-refractivity contribution in [2.24, 2.45) is 5.73 Å². The zero-order chi connectivity index (χ0) is 17.5. The van der Waals surface area contributed by atoms with Crippen molar-refractivity contribution in [1.29, 1.82) is 5.26 Å². The Balaban J connectivity index is 2.29. The number of rotatable bonds is 6. The van der Waals surface area contributed by atoms with Gasteiger partial charge in [0.25, 0.3) is 5.91 Å². The van der Waals surface area contributed by atoms with E-state index in [-0.39, 0.29) is 5.57 Å². The number of halogens is 1. The number of hydrogen-bond donors (Lipinski definition) is 2. The summed E-state index contributed by atoms with van der Waals surface area (Å²) < 4.78 is 0.980. The summed E-state index contributed by atoms with van der Waals surface area (Å²) in [6.45, 7) is 1.95. The van der Waals surface area contributed by atoms with Crippen molar-refractivity contribution >= 4 is 39.3 Å². The lowest BCUT2D eigenvalue weighted by Gasteiger charge is -2.14. The molecule has 0 fully saturated rings. The molecule has 122 valence electrons. The van der Waals surface area contributed by atoms with Crippen LogP contribution in [0.1, 0.15) is 11.1 Å². The van der Waals surface area contributed by atoms with Gasteiger partial charge in [0.15, 0.2) is 0 Å². The Bertz CT molecular complexity index is 827. The number of hydrogen-bond acceptors (Lipinski definition) is 4. The van der Waals surface area contributed by atoms with Gasteiger partial charge in [0.1, 0.15) is 11.6 Å². The van der Waals surface area contributed by atoms with E-state index in [9.17, 15) is 10.1 Å². The highest BCUT2D eigenvalue weighted by Gasteiger charge is 2.14. The number of anilines is 1. The van der Waals surface area contributed by atoms with Gasteiger partial charge in [0.05, 0.1) is 5.03 Å². The molecule has 0 saturated heterocycles. The zero-order valence-electron chi connectivity index (χ0n) is 13.0. The molecular weight excluding hydrogens is 386 g/mol. The number of thioether (sulfide) groups is 1. The molecule has 0 radical (unpaired) electrons. The molecule has 1 amide bonds. The Morgan fingerprint density at radius 1 is 1.29 bits per heavy atom. The first-order chi connectivity index (χ1) is 11.5. The van der Waals surface area contributed by atoms with E-state index >= 15 is 0 Å². The molecule has 3 N–H and O–H groups in total. The zero-order valence-corrected chi connectivity index (χ0v) is 15.4. The third-order valence-corrected chi connectivity index (χ3v) is 4.82. The molecule has 0 saturated carbocycles. The predicted octanol–water partition coefficient (Wildman–Crippen LogP) is 4.32. The standard InChI is InChI=1S/C18H16BrN3OS/c1-12-5-2-3-8-16(12)22-18(15(10-20)17(21)23)24-11-13-6-4-7-14(19)9-13/h2-9,22H,11H2,1H3,(H2,21,23)/b18-15+. The molecule has 0 heterocycles. The van der Waals surface area contributed by atoms with Crippen molar-refractivity contribution in [3.63, 3.8) is 0 Å². The Morgan fingerprint density at radius 2 is 2.04 bits per heavy atom. The van der Waals surface area contributed by atoms with Gasteiger partial charge in [-0.3, -0.25) is 4.79 Å². The largest absolute Gasteiger partial charge is 0.365 e. The van der Waals surface area contributed by atoms with Gasteiger partial charge in [-0.2, -0.15) is 5.26 Å². The van der Waals surface area contributed by atoms with E-state index in [0.29, 0.717) is 10.8 Å². The van der Waals surface area contributed by atoms with Crippen LogP contribution in [0, 0.1) is 18.3 Å². The molecule has 2 aromatic rings. The van der Waals surface area contributed by atoms with Crippen molar-refractivity contribution in [3.8, 4) is 6.07 Å². The summed E-state index contributed by atoms with van der Waals surface area (Å²) in [5.41, 5.74) is 8.20. The van der Waals surface area contributed by atoms with Crippen molar-refractivity contribution < 1.29 is 4.79 Å². The number of nitrogens with zero attached hydrogens (tertiary/aromatic N) is 1. The first kappa shape index (κ1) is 18.1. The molecule has 0 aliphatic rings. The Hall–Kier alpha value is -2.23. The van der Waals surface area contributed by atoms with Crippen LogP contribution in [0.15, 0.2) is 63.6 Å². The maximum Gasteiger partial charge on any atom is 0.262 e. The molecule has 2 rings (SSSR count). The molecule has 0 atom stereocenters. The Kier molecular flexibility index (Phi) is 6.47. The quantitative estimate of drug-likeness (QED) is 0.557. The number of amides is 1. The molecule has 24 heavy (non-hydrogen) atoms. The molecule has 2 aromatic carbocycles. The van der Waals surface area contributed by atoms with Crippen LogP contribution in [0.4, 0.5) is 5.69 Å². The third-order valence-electron chi connectivity index (χ3n) is 3.25. The van der Waals surface area contributed by atoms with Crippen molar-refractivity contribution in [2.45, 2.75) is 12.7 Å². The Morgan fingerprint density at radius 3 is 2.67 bits per heavy atom. The molecular formula is C18H16BrN3OS. The van der Waals surface area contributed by atoms with Crippen LogP contribution >= 0.6 is 27.7 Å². The lowest BCUT2D eigenvalue weighted by molar-refractivity contribution is -0.114. The first-order valence-electron chi connectivity index (χ1n) is 7.15. The fourth-order valence-corrected chi connectivity index (χ4v) is 3.42. The highest BCUT2D eigenvalue weighted by atomic mass is 79.9. The number of nitrogens with one attached hydrogen (secondary N) is 1. The number of benzene rings is 2. The highest BCUT2D eigenvalue weighted by molar-refractivity contribution is 9.10. The van der Waals surface area contributed by atoms with Crippen LogP contribution in [0.25, 0.3) is 0 Å². The second-order valence-corrected chi connectivity index (χ2v) is 6.94. The van der Waals surface area contributed by atoms with E-state index in [1.54, 1.807) is 0 Å². The molecule has 4 nitrogen and oxygen atoms in total. The molecule has 0 aromatic heterocycles. The van der Waals surface area contributed by atoms with Gasteiger partial charge in [-0.15, -0.1) is 11.8 Å². The van der Waals surface area contributed by atoms with Gasteiger partial charge in [-0.05, 0) is 36.2 Å². The summed E-state index contributed by atoms with van der Waals surface area (Å²) in [7, 11) is 0. The van der Waals surface area contributed by atoms with E-state index in [4.69, 9.17) is 5.73 Å². The van der Waals surface area contributed by atoms with Crippen molar-refractivity contribution in [2.75, 3.05) is 5.32 Å². The molecule has 0 aliphatic carbocycles. The average Bonchev–Trinajstić information content (AvgIpc) is 2.55. The van der Waals surface area contributed by atoms with Gasteiger partial charge < -0.3 is 11.1 Å². The molecule has 0 spiro atoms. The number of nitrogens with two attached hydrogens (primary N) is 1. The predicted molar refractivity (Wildman–Crippen MR) is 102 cm³/mol. The summed E-state index contributed by atoms with van der Waals surface area (Å²) >= 11 is 4.81. The SMILES string of the molecule is Cc1ccccc1N/C(SCc1cccc(Br)c1)=C(/C#N)C(N)=O. The summed E-state index contributed by atoms with van der Waals surface area (Å²) in [6, 6.07) is 17.4. The van der Waals surface area contributed by atoms with Gasteiger partial charge in [0.2, 0.25) is 0 Å². The number of carbonyl (C=O) groups excluding carboxylic acids is 1. The van der Waals surface area contributed by atoms with E-state index in [2.05, 4.69) is 21.2 Å². The van der Waals surface area contributed by atoms with E-state index in [1.807, 2.05) is 61.5 Å². The van der Waals surface area contributed by atoms with E-state index in [0.717, 1.165) is 21.3 Å². The monoisotopic (exact) mass is 401 g/mol. The van der Waals surface area contributed by atoms with E-state index in [1.165, 1.54) is 11.8 Å². The number of aryl methyl sites for hydroxylation is 1. The second-order valence-electron chi connectivity index (χ2n) is 5.04. The molecule has 0 unspecified atom stereocenters. The van der Waals surface area contributed by atoms with Crippen LogP contribution in [0.5, 0.6) is 0 Å². The van der Waals surface area contributed by atoms with Crippen molar-refractivity contribution in [3.05, 3.63) is 74.7 Å². The first-order valence-corrected chi connectivity index (χ1v) is 8.93. The van der Waals surface area contributed by atoms with Crippen LogP contribution < -0.4 is 11.1 Å². The normalized spacial score (nSPS) is 11.4. The minimum absolute atomic E-state index is 0.0711. The second kappa shape index (κ2) is 8.57. The average molecular weight is 402 g/mol. The summed E-state index contributed by atoms with van der Waals surface area (Å²) in [5.74, 6) is -0.137. The maximum atomic E-state index is 11.6. The topological polar surface area (TPSA) is 78.9 Å². The number of nitriles is 1. The number of carbonyl (C=O) groups is 1. The number of para-hydroxylation sites is 1. The Labute approximate surface area is 153 Å². The third kappa shape index (κ3) is 4.88. The van der Waals surface area contributed by atoms with Gasteiger partial charge in [-0.25, -0.2) is 0 Å². The molecule has 0 bridgehead atoms. The van der Waals surface area contributed by atoms with Crippen LogP contribution in [-0.4, -0.2) is 5.91 Å². The number of primary amides is 1. The van der Waals surface area contributed by atoms with Crippen LogP contribution in [0.2, 0.25) is 0 Å². The summed E-state index contributed by atoms with van der Waals surface area (Å²) in [4.78, 5) is 11.6. The summed E-state index contributed by atoms with van der Waals surface area (Å²) in [5, 5.41) is 12.9. The van der Waals surface area contributed by atoms with Gasteiger partial charge >= 0.3 is 0 Å². The smallest absolute Gasteiger partial charge is 0.262 e.